The Hall–Kier alpha value is -8.72. The number of fused-ring (bicyclic) bond motifs is 7. The molecule has 2 heteroatoms. The van der Waals surface area contributed by atoms with Crippen LogP contribution in [0.2, 0.25) is 0 Å². The summed E-state index contributed by atoms with van der Waals surface area (Å²) in [4.78, 5) is 2.40. The molecular formula is C65H44N2. The molecule has 1 heterocycles. The first-order valence-corrected chi connectivity index (χ1v) is 23.2. The maximum absolute atomic E-state index is 2.48. The number of aromatic nitrogens is 1. The lowest BCUT2D eigenvalue weighted by molar-refractivity contribution is 0.770. The fourth-order valence-electron chi connectivity index (χ4n) is 11.1. The van der Waals surface area contributed by atoms with Gasteiger partial charge < -0.3 is 9.47 Å². The van der Waals surface area contributed by atoms with Gasteiger partial charge in [0.1, 0.15) is 0 Å². The second kappa shape index (κ2) is 15.8. The number of benzene rings is 11. The number of para-hydroxylation sites is 1. The lowest BCUT2D eigenvalue weighted by Crippen LogP contribution is -2.28. The Morgan fingerprint density at radius 2 is 0.836 bits per heavy atom. The fourth-order valence-corrected chi connectivity index (χ4v) is 11.1. The Labute approximate surface area is 390 Å². The predicted molar refractivity (Wildman–Crippen MR) is 281 cm³/mol. The maximum Gasteiger partial charge on any atom is 0.0713 e. The Morgan fingerprint density at radius 3 is 1.54 bits per heavy atom. The number of anilines is 3. The molecule has 0 aliphatic heterocycles. The van der Waals surface area contributed by atoms with Gasteiger partial charge in [-0.1, -0.05) is 206 Å². The third-order valence-electron chi connectivity index (χ3n) is 14.1. The van der Waals surface area contributed by atoms with Crippen LogP contribution in [0.3, 0.4) is 0 Å². The minimum atomic E-state index is -0.495. The van der Waals surface area contributed by atoms with Crippen LogP contribution in [0.25, 0.3) is 71.6 Å². The van der Waals surface area contributed by atoms with E-state index in [-0.39, 0.29) is 0 Å². The van der Waals surface area contributed by atoms with Gasteiger partial charge in [0.2, 0.25) is 0 Å². The second-order valence-corrected chi connectivity index (χ2v) is 17.6. The topological polar surface area (TPSA) is 8.17 Å². The molecule has 13 rings (SSSR count). The molecular weight excluding hydrogens is 809 g/mol. The van der Waals surface area contributed by atoms with E-state index in [2.05, 4.69) is 276 Å². The molecule has 0 unspecified atom stereocenters. The summed E-state index contributed by atoms with van der Waals surface area (Å²) < 4.78 is 2.45. The van der Waals surface area contributed by atoms with E-state index in [9.17, 15) is 0 Å². The summed E-state index contributed by atoms with van der Waals surface area (Å²) in [5.41, 5.74) is 18.8. The van der Waals surface area contributed by atoms with Gasteiger partial charge in [-0.15, -0.1) is 0 Å². The quantitative estimate of drug-likeness (QED) is 0.148. The van der Waals surface area contributed by atoms with Crippen LogP contribution in [-0.2, 0) is 5.41 Å². The lowest BCUT2D eigenvalue weighted by atomic mass is 9.67. The molecule has 0 bridgehead atoms. The van der Waals surface area contributed by atoms with Gasteiger partial charge in [-0.2, -0.15) is 0 Å². The monoisotopic (exact) mass is 852 g/mol. The molecule has 11 aromatic carbocycles. The van der Waals surface area contributed by atoms with Crippen molar-refractivity contribution in [2.45, 2.75) is 5.41 Å². The first-order chi connectivity index (χ1) is 33.2. The number of rotatable bonds is 8. The molecule has 1 aliphatic rings. The van der Waals surface area contributed by atoms with Gasteiger partial charge in [0.05, 0.1) is 16.4 Å². The third kappa shape index (κ3) is 6.18. The van der Waals surface area contributed by atoms with Crippen molar-refractivity contribution in [2.75, 3.05) is 4.90 Å². The molecule has 0 saturated heterocycles. The van der Waals surface area contributed by atoms with E-state index in [1.54, 1.807) is 0 Å². The second-order valence-electron chi connectivity index (χ2n) is 17.6. The zero-order chi connectivity index (χ0) is 44.3. The molecule has 2 nitrogen and oxygen atoms in total. The standard InChI is InChI=1S/C65H44N2/c1-4-17-45(18-5-1)46-31-36-52(37-32-46)66(53-38-33-48(34-39-53)56-28-16-20-47-19-10-11-25-55(47)56)54-40-41-59-60-43-50(35-42-63(60)67(64(59)44-54)51-23-8-3-9-24-51)65(49-21-6-2-7-22-49)61-29-14-12-26-57(61)58-27-13-15-30-62(58)65/h1-44H. The average Bonchev–Trinajstić information content (AvgIpc) is 3.90. The summed E-state index contributed by atoms with van der Waals surface area (Å²) >= 11 is 0. The Morgan fingerprint density at radius 1 is 0.299 bits per heavy atom. The van der Waals surface area contributed by atoms with Crippen molar-refractivity contribution in [1.29, 1.82) is 0 Å². The molecule has 12 aromatic rings. The van der Waals surface area contributed by atoms with Crippen molar-refractivity contribution in [1.82, 2.24) is 4.57 Å². The van der Waals surface area contributed by atoms with E-state index in [1.807, 2.05) is 0 Å². The molecule has 0 atom stereocenters. The van der Waals surface area contributed by atoms with Crippen molar-refractivity contribution < 1.29 is 0 Å². The first-order valence-electron chi connectivity index (χ1n) is 23.2. The molecule has 0 N–H and O–H groups in total. The van der Waals surface area contributed by atoms with E-state index in [1.165, 1.54) is 82.7 Å². The molecule has 0 spiro atoms. The molecule has 0 fully saturated rings. The van der Waals surface area contributed by atoms with Crippen LogP contribution in [-0.4, -0.2) is 4.57 Å². The van der Waals surface area contributed by atoms with Gasteiger partial charge >= 0.3 is 0 Å². The van der Waals surface area contributed by atoms with Gasteiger partial charge in [-0.25, -0.2) is 0 Å². The summed E-state index contributed by atoms with van der Waals surface area (Å²) in [6.07, 6.45) is 0. The molecule has 1 aromatic heterocycles. The van der Waals surface area contributed by atoms with Gasteiger partial charge in [0, 0.05) is 33.5 Å². The number of nitrogens with zero attached hydrogens (tertiary/aromatic N) is 2. The molecule has 1 aliphatic carbocycles. The fraction of sp³-hybridized carbons (Fsp3) is 0.0154. The van der Waals surface area contributed by atoms with Crippen LogP contribution in [0.15, 0.2) is 267 Å². The van der Waals surface area contributed by atoms with Gasteiger partial charge in [0.15, 0.2) is 0 Å². The molecule has 0 amide bonds. The van der Waals surface area contributed by atoms with E-state index in [0.29, 0.717) is 0 Å². The number of hydrogen-bond donors (Lipinski definition) is 0. The van der Waals surface area contributed by atoms with Crippen LogP contribution in [0, 0.1) is 0 Å². The van der Waals surface area contributed by atoms with Crippen molar-refractivity contribution in [3.05, 3.63) is 289 Å². The highest BCUT2D eigenvalue weighted by molar-refractivity contribution is 6.11. The zero-order valence-electron chi connectivity index (χ0n) is 36.8. The number of hydrogen-bond acceptors (Lipinski definition) is 1. The van der Waals surface area contributed by atoms with Gasteiger partial charge in [-0.3, -0.25) is 0 Å². The summed E-state index contributed by atoms with van der Waals surface area (Å²) in [6.45, 7) is 0. The summed E-state index contributed by atoms with van der Waals surface area (Å²) in [6, 6.07) is 98.1. The molecule has 0 saturated carbocycles. The van der Waals surface area contributed by atoms with Crippen LogP contribution < -0.4 is 4.90 Å². The molecule has 0 radical (unpaired) electrons. The normalized spacial score (nSPS) is 12.6. The highest BCUT2D eigenvalue weighted by atomic mass is 15.1. The van der Waals surface area contributed by atoms with E-state index >= 15 is 0 Å². The predicted octanol–water partition coefficient (Wildman–Crippen LogP) is 17.1. The van der Waals surface area contributed by atoms with E-state index < -0.39 is 5.41 Å². The van der Waals surface area contributed by atoms with Crippen LogP contribution in [0.4, 0.5) is 17.1 Å². The Balaban J connectivity index is 1.02. The van der Waals surface area contributed by atoms with E-state index in [4.69, 9.17) is 0 Å². The zero-order valence-corrected chi connectivity index (χ0v) is 36.8. The first kappa shape index (κ1) is 38.7. The smallest absolute Gasteiger partial charge is 0.0713 e. The lowest BCUT2D eigenvalue weighted by Gasteiger charge is -2.34. The van der Waals surface area contributed by atoms with Crippen LogP contribution >= 0.6 is 0 Å². The van der Waals surface area contributed by atoms with Crippen molar-refractivity contribution >= 4 is 49.6 Å². The highest BCUT2D eigenvalue weighted by Crippen LogP contribution is 2.56. The average molecular weight is 853 g/mol. The summed E-state index contributed by atoms with van der Waals surface area (Å²) in [7, 11) is 0. The van der Waals surface area contributed by atoms with Crippen molar-refractivity contribution in [3.63, 3.8) is 0 Å². The van der Waals surface area contributed by atoms with E-state index in [0.717, 1.165) is 28.3 Å². The minimum Gasteiger partial charge on any atom is -0.310 e. The summed E-state index contributed by atoms with van der Waals surface area (Å²) in [5, 5.41) is 4.92. The highest BCUT2D eigenvalue weighted by Gasteiger charge is 2.46. The molecule has 314 valence electrons. The largest absolute Gasteiger partial charge is 0.310 e. The maximum atomic E-state index is 2.48. The van der Waals surface area contributed by atoms with Crippen LogP contribution in [0.5, 0.6) is 0 Å². The SMILES string of the molecule is c1ccc(-c2ccc(N(c3ccc(-c4cccc5ccccc45)cc3)c3ccc4c5cc(C6(c7ccccc7)c7ccccc7-c7ccccc76)ccc5n(-c5ccccc5)c4c3)cc2)cc1. The van der Waals surface area contributed by atoms with Crippen molar-refractivity contribution in [3.8, 4) is 39.1 Å². The minimum absolute atomic E-state index is 0.495. The summed E-state index contributed by atoms with van der Waals surface area (Å²) in [5.74, 6) is 0. The Kier molecular flexibility index (Phi) is 9.11. The van der Waals surface area contributed by atoms with Crippen molar-refractivity contribution in [2.24, 2.45) is 0 Å². The Bertz CT molecular complexity index is 3720. The third-order valence-corrected chi connectivity index (χ3v) is 14.1. The van der Waals surface area contributed by atoms with Crippen LogP contribution in [0.1, 0.15) is 22.3 Å². The van der Waals surface area contributed by atoms with Gasteiger partial charge in [-0.05, 0) is 127 Å². The molecule has 67 heavy (non-hydrogen) atoms. The van der Waals surface area contributed by atoms with Gasteiger partial charge in [0.25, 0.3) is 0 Å².